The molecule has 0 bridgehead atoms. The number of nitrogens with one attached hydrogen (secondary N) is 1. The van der Waals surface area contributed by atoms with Crippen LogP contribution in [0.3, 0.4) is 0 Å². The molecule has 2 fully saturated rings. The molecule has 0 unspecified atom stereocenters. The molecule has 2 aliphatic rings. The maximum Gasteiger partial charge on any atom is 0.404 e. The molecule has 2 heterocycles. The average Bonchev–Trinajstić information content (AvgIpc) is 3.44. The van der Waals surface area contributed by atoms with E-state index >= 15 is 0 Å². The zero-order valence-electron chi connectivity index (χ0n) is 23.0. The van der Waals surface area contributed by atoms with E-state index in [1.54, 1.807) is 12.4 Å². The average molecular weight is 557 g/mol. The molecule has 1 aliphatic carbocycles. The van der Waals surface area contributed by atoms with Gasteiger partial charge in [0, 0.05) is 54.5 Å². The van der Waals surface area contributed by atoms with Crippen molar-refractivity contribution in [3.05, 3.63) is 52.8 Å². The van der Waals surface area contributed by atoms with Gasteiger partial charge in [0.2, 0.25) is 5.91 Å². The fourth-order valence-electron chi connectivity index (χ4n) is 6.37. The van der Waals surface area contributed by atoms with Crippen molar-refractivity contribution in [1.82, 2.24) is 15.2 Å². The lowest BCUT2D eigenvalue weighted by atomic mass is 9.72. The molecular formula is C30H41ClN4O4. The highest BCUT2D eigenvalue weighted by molar-refractivity contribution is 6.33. The fraction of sp³-hybridized carbons (Fsp3) is 0.567. The summed E-state index contributed by atoms with van der Waals surface area (Å²) in [5, 5.41) is 16.4. The molecule has 2 amide bonds. The van der Waals surface area contributed by atoms with Crippen molar-refractivity contribution in [2.45, 2.75) is 69.9 Å². The Morgan fingerprint density at radius 2 is 2.10 bits per heavy atom. The van der Waals surface area contributed by atoms with Crippen LogP contribution in [0.15, 0.2) is 36.7 Å². The first-order chi connectivity index (χ1) is 18.8. The predicted molar refractivity (Wildman–Crippen MR) is 152 cm³/mol. The van der Waals surface area contributed by atoms with Gasteiger partial charge in [0.25, 0.3) is 0 Å². The summed E-state index contributed by atoms with van der Waals surface area (Å²) in [6, 6.07) is 8.53. The van der Waals surface area contributed by atoms with Crippen LogP contribution in [-0.2, 0) is 21.6 Å². The number of aliphatic hydroxyl groups is 1. The number of piperidine rings is 1. The summed E-state index contributed by atoms with van der Waals surface area (Å²) in [4.78, 5) is 31.0. The van der Waals surface area contributed by atoms with Gasteiger partial charge in [-0.05, 0) is 69.5 Å². The highest BCUT2D eigenvalue weighted by atomic mass is 35.5. The number of benzene rings is 1. The second-order valence-corrected chi connectivity index (χ2v) is 11.3. The van der Waals surface area contributed by atoms with Gasteiger partial charge in [-0.2, -0.15) is 0 Å². The number of nitrogens with two attached hydrogens (primary N) is 1. The number of hydrogen-bond donors (Lipinski definition) is 3. The normalized spacial score (nSPS) is 22.9. The molecule has 0 radical (unpaired) electrons. The number of likely N-dealkylation sites (tertiary alicyclic amines) is 1. The molecule has 2 aromatic rings. The third-order valence-corrected chi connectivity index (χ3v) is 8.82. The maximum absolute atomic E-state index is 13.5. The number of ether oxygens (including phenoxy) is 1. The van der Waals surface area contributed by atoms with Crippen LogP contribution in [0, 0.1) is 11.8 Å². The smallest absolute Gasteiger partial charge is 0.404 e. The Bertz CT molecular complexity index is 1160. The SMILES string of the molecule is CCc1cccc(-c2c(Cl)cncc2[C@](O)(CCCOC(N)=O)[C@@H]2CCCN(C(=O)[C@@H]3CC[C@H](NC)C3)C2)c1. The van der Waals surface area contributed by atoms with Gasteiger partial charge in [-0.1, -0.05) is 42.8 Å². The molecule has 4 atom stereocenters. The number of pyridine rings is 1. The standard InChI is InChI=1S/C30H41ClN4O4/c1-3-20-7-4-8-21(15-20)27-25(17-34-18-26(27)31)30(38,12-6-14-39-29(32)37)23-9-5-13-35(19-23)28(36)22-10-11-24(16-22)33-2/h4,7-8,15,17-18,22-24,33,38H,3,5-6,9-14,16,19H2,1-2H3,(H2,32,37)/t22-,23-,24+,30+/m1/s1. The monoisotopic (exact) mass is 556 g/mol. The van der Waals surface area contributed by atoms with Crippen molar-refractivity contribution >= 4 is 23.6 Å². The lowest BCUT2D eigenvalue weighted by molar-refractivity contribution is -0.141. The second kappa shape index (κ2) is 13.1. The highest BCUT2D eigenvalue weighted by Gasteiger charge is 2.44. The molecule has 1 aromatic carbocycles. The number of aromatic nitrogens is 1. The van der Waals surface area contributed by atoms with E-state index in [0.29, 0.717) is 42.6 Å². The zero-order valence-corrected chi connectivity index (χ0v) is 23.8. The van der Waals surface area contributed by atoms with E-state index in [-0.39, 0.29) is 24.3 Å². The molecule has 1 saturated carbocycles. The van der Waals surface area contributed by atoms with Crippen LogP contribution < -0.4 is 11.1 Å². The largest absolute Gasteiger partial charge is 0.450 e. The van der Waals surface area contributed by atoms with Crippen LogP contribution in [0.1, 0.15) is 63.0 Å². The summed E-state index contributed by atoms with van der Waals surface area (Å²) in [5.74, 6) is -0.0472. The lowest BCUT2D eigenvalue weighted by Gasteiger charge is -2.44. The number of aryl methyl sites for hydroxylation is 1. The summed E-state index contributed by atoms with van der Waals surface area (Å²) in [6.45, 7) is 3.33. The molecule has 0 spiro atoms. The fourth-order valence-corrected chi connectivity index (χ4v) is 6.64. The van der Waals surface area contributed by atoms with E-state index in [2.05, 4.69) is 29.4 Å². The Labute approximate surface area is 236 Å². The Hall–Kier alpha value is -2.68. The number of nitrogens with zero attached hydrogens (tertiary/aromatic N) is 2. The first kappa shape index (κ1) is 29.3. The first-order valence-corrected chi connectivity index (χ1v) is 14.5. The minimum atomic E-state index is -1.35. The molecule has 9 heteroatoms. The summed E-state index contributed by atoms with van der Waals surface area (Å²) in [6.07, 6.45) is 8.32. The minimum Gasteiger partial charge on any atom is -0.450 e. The van der Waals surface area contributed by atoms with Gasteiger partial charge in [-0.25, -0.2) is 4.79 Å². The van der Waals surface area contributed by atoms with Gasteiger partial charge in [0.05, 0.1) is 17.2 Å². The number of hydrogen-bond acceptors (Lipinski definition) is 6. The molecule has 4 N–H and O–H groups in total. The summed E-state index contributed by atoms with van der Waals surface area (Å²) in [5.41, 5.74) is 7.29. The third kappa shape index (κ3) is 6.73. The molecule has 1 aromatic heterocycles. The van der Waals surface area contributed by atoms with Crippen molar-refractivity contribution in [2.75, 3.05) is 26.7 Å². The molecule has 1 aliphatic heterocycles. The van der Waals surface area contributed by atoms with Crippen molar-refractivity contribution in [2.24, 2.45) is 17.6 Å². The number of rotatable bonds is 10. The van der Waals surface area contributed by atoms with Crippen molar-refractivity contribution in [3.8, 4) is 11.1 Å². The Kier molecular flexibility index (Phi) is 9.86. The number of amides is 2. The first-order valence-electron chi connectivity index (χ1n) is 14.1. The topological polar surface area (TPSA) is 118 Å². The van der Waals surface area contributed by atoms with E-state index in [4.69, 9.17) is 22.1 Å². The van der Waals surface area contributed by atoms with E-state index < -0.39 is 11.7 Å². The van der Waals surface area contributed by atoms with Crippen LogP contribution in [0.4, 0.5) is 4.79 Å². The Morgan fingerprint density at radius 1 is 1.28 bits per heavy atom. The van der Waals surface area contributed by atoms with Crippen molar-refractivity contribution in [3.63, 3.8) is 0 Å². The Balaban J connectivity index is 1.68. The summed E-state index contributed by atoms with van der Waals surface area (Å²) < 4.78 is 4.99. The molecule has 39 heavy (non-hydrogen) atoms. The van der Waals surface area contributed by atoms with Gasteiger partial charge in [0.1, 0.15) is 0 Å². The van der Waals surface area contributed by atoms with Gasteiger partial charge < -0.3 is 25.8 Å². The predicted octanol–water partition coefficient (Wildman–Crippen LogP) is 4.65. The Morgan fingerprint density at radius 3 is 2.82 bits per heavy atom. The van der Waals surface area contributed by atoms with Crippen molar-refractivity contribution < 1.29 is 19.4 Å². The minimum absolute atomic E-state index is 0.0124. The quantitative estimate of drug-likeness (QED) is 0.366. The number of carbonyl (C=O) groups is 2. The second-order valence-electron chi connectivity index (χ2n) is 10.9. The van der Waals surface area contributed by atoms with E-state index in [1.807, 2.05) is 24.1 Å². The molecular weight excluding hydrogens is 516 g/mol. The molecule has 212 valence electrons. The van der Waals surface area contributed by atoms with Crippen LogP contribution >= 0.6 is 11.6 Å². The van der Waals surface area contributed by atoms with Crippen LogP contribution in [-0.4, -0.2) is 59.8 Å². The van der Waals surface area contributed by atoms with Crippen LogP contribution in [0.2, 0.25) is 5.02 Å². The van der Waals surface area contributed by atoms with E-state index in [9.17, 15) is 14.7 Å². The molecule has 8 nitrogen and oxygen atoms in total. The number of halogens is 1. The highest BCUT2D eigenvalue weighted by Crippen LogP contribution is 2.45. The lowest BCUT2D eigenvalue weighted by Crippen LogP contribution is -2.49. The zero-order chi connectivity index (χ0) is 28.0. The summed E-state index contributed by atoms with van der Waals surface area (Å²) >= 11 is 6.77. The van der Waals surface area contributed by atoms with E-state index in [0.717, 1.165) is 55.2 Å². The number of carbonyl (C=O) groups excluding carboxylic acids is 2. The van der Waals surface area contributed by atoms with Crippen LogP contribution in [0.5, 0.6) is 0 Å². The van der Waals surface area contributed by atoms with E-state index in [1.165, 1.54) is 0 Å². The van der Waals surface area contributed by atoms with Crippen LogP contribution in [0.25, 0.3) is 11.1 Å². The van der Waals surface area contributed by atoms with Gasteiger partial charge in [-0.15, -0.1) is 0 Å². The molecule has 1 saturated heterocycles. The molecule has 4 rings (SSSR count). The maximum atomic E-state index is 13.5. The van der Waals surface area contributed by atoms with Gasteiger partial charge in [0.15, 0.2) is 0 Å². The third-order valence-electron chi connectivity index (χ3n) is 8.54. The number of primary amides is 1. The van der Waals surface area contributed by atoms with Gasteiger partial charge >= 0.3 is 6.09 Å². The van der Waals surface area contributed by atoms with Gasteiger partial charge in [-0.3, -0.25) is 9.78 Å². The summed E-state index contributed by atoms with van der Waals surface area (Å²) in [7, 11) is 1.95. The van der Waals surface area contributed by atoms with Crippen molar-refractivity contribution in [1.29, 1.82) is 0 Å².